The summed E-state index contributed by atoms with van der Waals surface area (Å²) in [6.45, 7) is 3.11. The van der Waals surface area contributed by atoms with Crippen LogP contribution in [0.25, 0.3) is 0 Å². The van der Waals surface area contributed by atoms with Gasteiger partial charge >= 0.3 is 0 Å². The molecule has 3 amide bonds. The van der Waals surface area contributed by atoms with Gasteiger partial charge in [0.25, 0.3) is 5.91 Å². The van der Waals surface area contributed by atoms with Gasteiger partial charge in [-0.25, -0.2) is 0 Å². The fourth-order valence-corrected chi connectivity index (χ4v) is 4.24. The normalized spacial score (nSPS) is 12.1. The third kappa shape index (κ3) is 8.73. The first-order chi connectivity index (χ1) is 20.4. The summed E-state index contributed by atoms with van der Waals surface area (Å²) in [7, 11) is 0. The highest BCUT2D eigenvalue weighted by Gasteiger charge is 2.28. The monoisotopic (exact) mass is 570 g/mol. The van der Waals surface area contributed by atoms with Crippen LogP contribution in [0.4, 0.5) is 0 Å². The van der Waals surface area contributed by atoms with Gasteiger partial charge in [0.15, 0.2) is 0 Å². The molecular weight excluding hydrogens is 536 g/mol. The number of pyridine rings is 1. The molecule has 2 atom stereocenters. The average Bonchev–Trinajstić information content (AvgIpc) is 3.56. The Hall–Kier alpha value is -5.03. The summed E-state index contributed by atoms with van der Waals surface area (Å²) in [6, 6.07) is 17.9. The molecule has 4 aromatic rings. The first kappa shape index (κ1) is 29.9. The minimum absolute atomic E-state index is 0.0372. The Morgan fingerprint density at radius 1 is 0.833 bits per heavy atom. The smallest absolute Gasteiger partial charge is 0.290 e. The zero-order valence-corrected chi connectivity index (χ0v) is 23.3. The Balaban J connectivity index is 1.51. The number of ether oxygens (including phenoxy) is 1. The lowest BCUT2D eigenvalue weighted by atomic mass is 10.0. The minimum atomic E-state index is -1.02. The molecule has 218 valence electrons. The van der Waals surface area contributed by atoms with Crippen molar-refractivity contribution in [3.63, 3.8) is 0 Å². The molecule has 0 saturated heterocycles. The summed E-state index contributed by atoms with van der Waals surface area (Å²) in [5.74, 6) is -0.860. The molecule has 0 fully saturated rings. The number of nitrogens with zero attached hydrogens (tertiary/aromatic N) is 2. The van der Waals surface area contributed by atoms with Crippen LogP contribution in [0.1, 0.15) is 39.7 Å². The van der Waals surface area contributed by atoms with Gasteiger partial charge < -0.3 is 30.9 Å². The van der Waals surface area contributed by atoms with Gasteiger partial charge in [0.1, 0.15) is 17.8 Å². The van der Waals surface area contributed by atoms with Crippen LogP contribution in [0, 0.1) is 0 Å². The number of carbonyl (C=O) groups excluding carboxylic acids is 3. The van der Waals surface area contributed by atoms with E-state index in [4.69, 9.17) is 15.0 Å². The van der Waals surface area contributed by atoms with Gasteiger partial charge in [-0.2, -0.15) is 0 Å². The maximum atomic E-state index is 13.7. The standard InChI is InChI=1S/C31H34N6O5/c1-2-41-25-11-9-21(10-12-25)16-27(37-31(40)28-13-15-35-42-28)30(39)36-26(17-24-4-3-14-33-19-24)29(38)34-20-23-7-5-22(18-32)6-8-23/h3-15,19,26-27H,2,16-18,20,32H2,1H3,(H,34,38)(H,36,39)(H,37,40)/t26-,27+/m0/s1. The van der Waals surface area contributed by atoms with E-state index in [1.165, 1.54) is 12.3 Å². The molecule has 0 spiro atoms. The van der Waals surface area contributed by atoms with Crippen molar-refractivity contribution < 1.29 is 23.6 Å². The largest absolute Gasteiger partial charge is 0.494 e. The molecule has 0 radical (unpaired) electrons. The Labute approximate surface area is 243 Å². The maximum absolute atomic E-state index is 13.7. The predicted octanol–water partition coefficient (Wildman–Crippen LogP) is 2.31. The summed E-state index contributed by atoms with van der Waals surface area (Å²) >= 11 is 0. The van der Waals surface area contributed by atoms with Gasteiger partial charge in [0.2, 0.25) is 17.6 Å². The van der Waals surface area contributed by atoms with E-state index in [1.54, 1.807) is 30.6 Å². The van der Waals surface area contributed by atoms with Crippen molar-refractivity contribution in [3.8, 4) is 5.75 Å². The molecule has 42 heavy (non-hydrogen) atoms. The van der Waals surface area contributed by atoms with Crippen molar-refractivity contribution in [2.24, 2.45) is 5.73 Å². The van der Waals surface area contributed by atoms with E-state index in [0.717, 1.165) is 22.3 Å². The fourth-order valence-electron chi connectivity index (χ4n) is 4.24. The van der Waals surface area contributed by atoms with Crippen molar-refractivity contribution in [2.75, 3.05) is 6.61 Å². The number of rotatable bonds is 14. The number of nitrogens with one attached hydrogen (secondary N) is 3. The highest BCUT2D eigenvalue weighted by atomic mass is 16.5. The molecular formula is C31H34N6O5. The highest BCUT2D eigenvalue weighted by Crippen LogP contribution is 2.14. The summed E-state index contributed by atoms with van der Waals surface area (Å²) in [4.78, 5) is 44.0. The SMILES string of the molecule is CCOc1ccc(C[C@@H](NC(=O)c2ccno2)C(=O)N[C@@H](Cc2cccnc2)C(=O)NCc2ccc(CN)cc2)cc1. The summed E-state index contributed by atoms with van der Waals surface area (Å²) in [6.07, 6.45) is 4.97. The molecule has 0 aliphatic heterocycles. The Bertz CT molecular complexity index is 1430. The first-order valence-electron chi connectivity index (χ1n) is 13.6. The number of amides is 3. The number of carbonyl (C=O) groups is 3. The van der Waals surface area contributed by atoms with Gasteiger partial charge in [0.05, 0.1) is 12.8 Å². The quantitative estimate of drug-likeness (QED) is 0.180. The van der Waals surface area contributed by atoms with E-state index >= 15 is 0 Å². The average molecular weight is 571 g/mol. The van der Waals surface area contributed by atoms with Crippen LogP contribution in [0.2, 0.25) is 0 Å². The minimum Gasteiger partial charge on any atom is -0.494 e. The molecule has 4 rings (SSSR count). The van der Waals surface area contributed by atoms with Crippen LogP contribution in [0.3, 0.4) is 0 Å². The number of benzene rings is 2. The Kier molecular flexibility index (Phi) is 10.8. The van der Waals surface area contributed by atoms with Crippen LogP contribution in [0.5, 0.6) is 5.75 Å². The molecule has 11 heteroatoms. The third-order valence-electron chi connectivity index (χ3n) is 6.48. The third-order valence-corrected chi connectivity index (χ3v) is 6.48. The number of nitrogens with two attached hydrogens (primary N) is 1. The van der Waals surface area contributed by atoms with Gasteiger partial charge in [-0.3, -0.25) is 19.4 Å². The second-order valence-electron chi connectivity index (χ2n) is 9.55. The molecule has 0 unspecified atom stereocenters. The predicted molar refractivity (Wildman–Crippen MR) is 155 cm³/mol. The van der Waals surface area contributed by atoms with Crippen LogP contribution >= 0.6 is 0 Å². The van der Waals surface area contributed by atoms with Crippen LogP contribution in [-0.2, 0) is 35.5 Å². The molecule has 2 heterocycles. The van der Waals surface area contributed by atoms with Gasteiger partial charge in [-0.05, 0) is 47.4 Å². The summed E-state index contributed by atoms with van der Waals surface area (Å²) in [5.41, 5.74) is 9.09. The Morgan fingerprint density at radius 2 is 1.52 bits per heavy atom. The molecule has 5 N–H and O–H groups in total. The summed E-state index contributed by atoms with van der Waals surface area (Å²) < 4.78 is 10.5. The maximum Gasteiger partial charge on any atom is 0.290 e. The lowest BCUT2D eigenvalue weighted by Crippen LogP contribution is -2.55. The van der Waals surface area contributed by atoms with Gasteiger partial charge in [0, 0.05) is 44.4 Å². The van der Waals surface area contributed by atoms with Crippen molar-refractivity contribution in [1.82, 2.24) is 26.1 Å². The second-order valence-corrected chi connectivity index (χ2v) is 9.55. The summed E-state index contributed by atoms with van der Waals surface area (Å²) in [5, 5.41) is 12.0. The van der Waals surface area contributed by atoms with Crippen LogP contribution in [0.15, 0.2) is 89.8 Å². The molecule has 11 nitrogen and oxygen atoms in total. The number of hydrogen-bond donors (Lipinski definition) is 4. The molecule has 2 aromatic heterocycles. The zero-order chi connectivity index (χ0) is 29.7. The fraction of sp³-hybridized carbons (Fsp3) is 0.258. The molecule has 2 aromatic carbocycles. The molecule has 0 saturated carbocycles. The van der Waals surface area contributed by atoms with E-state index in [0.29, 0.717) is 18.9 Å². The molecule has 0 bridgehead atoms. The molecule has 0 aliphatic rings. The van der Waals surface area contributed by atoms with Crippen molar-refractivity contribution in [3.05, 3.63) is 113 Å². The van der Waals surface area contributed by atoms with E-state index < -0.39 is 23.9 Å². The van der Waals surface area contributed by atoms with E-state index in [1.807, 2.05) is 49.4 Å². The van der Waals surface area contributed by atoms with Crippen molar-refractivity contribution in [2.45, 2.75) is 44.9 Å². The van der Waals surface area contributed by atoms with Crippen molar-refractivity contribution in [1.29, 1.82) is 0 Å². The second kappa shape index (κ2) is 15.1. The van der Waals surface area contributed by atoms with Gasteiger partial charge in [-0.1, -0.05) is 47.6 Å². The highest BCUT2D eigenvalue weighted by molar-refractivity contribution is 5.96. The van der Waals surface area contributed by atoms with Crippen LogP contribution in [-0.4, -0.2) is 46.6 Å². The van der Waals surface area contributed by atoms with Crippen molar-refractivity contribution >= 4 is 17.7 Å². The molecule has 0 aliphatic carbocycles. The van der Waals surface area contributed by atoms with Gasteiger partial charge in [-0.15, -0.1) is 0 Å². The number of hydrogen-bond acceptors (Lipinski definition) is 8. The first-order valence-corrected chi connectivity index (χ1v) is 13.6. The number of aromatic nitrogens is 2. The van der Waals surface area contributed by atoms with E-state index in [-0.39, 0.29) is 31.1 Å². The van der Waals surface area contributed by atoms with E-state index in [2.05, 4.69) is 26.1 Å². The lowest BCUT2D eigenvalue weighted by molar-refractivity contribution is -0.130. The topological polar surface area (TPSA) is 161 Å². The lowest BCUT2D eigenvalue weighted by Gasteiger charge is -2.23. The Morgan fingerprint density at radius 3 is 2.17 bits per heavy atom. The van der Waals surface area contributed by atoms with Crippen LogP contribution < -0.4 is 26.4 Å². The zero-order valence-electron chi connectivity index (χ0n) is 23.3. The van der Waals surface area contributed by atoms with E-state index in [9.17, 15) is 14.4 Å².